The molecule has 1 amide bonds. The van der Waals surface area contributed by atoms with E-state index in [-0.39, 0.29) is 5.91 Å². The molecule has 126 valence electrons. The molecule has 0 aliphatic carbocycles. The third-order valence-electron chi connectivity index (χ3n) is 3.54. The lowest BCUT2D eigenvalue weighted by atomic mass is 10.1. The Hall–Kier alpha value is -2.54. The summed E-state index contributed by atoms with van der Waals surface area (Å²) in [4.78, 5) is 17.4. The Labute approximate surface area is 144 Å². The molecule has 6 nitrogen and oxygen atoms in total. The number of hydrogen-bond acceptors (Lipinski definition) is 6. The van der Waals surface area contributed by atoms with Gasteiger partial charge in [0.2, 0.25) is 11.7 Å². The first-order valence-corrected chi connectivity index (χ1v) is 8.29. The van der Waals surface area contributed by atoms with Crippen molar-refractivity contribution in [2.24, 2.45) is 0 Å². The Bertz CT molecular complexity index is 761. The summed E-state index contributed by atoms with van der Waals surface area (Å²) in [6.45, 7) is 4.87. The average molecular weight is 346 g/mol. The zero-order chi connectivity index (χ0) is 17.1. The summed E-state index contributed by atoms with van der Waals surface area (Å²) in [5.74, 6) is 1.56. The molecule has 24 heavy (non-hydrogen) atoms. The van der Waals surface area contributed by atoms with Gasteiger partial charge in [0.25, 0.3) is 0 Å². The fourth-order valence-corrected chi connectivity index (χ4v) is 3.05. The number of amides is 1. The van der Waals surface area contributed by atoms with Crippen LogP contribution < -0.4 is 19.5 Å². The van der Waals surface area contributed by atoms with Gasteiger partial charge in [0.05, 0.1) is 12.8 Å². The van der Waals surface area contributed by atoms with Crippen LogP contribution in [0.25, 0.3) is 6.08 Å². The van der Waals surface area contributed by atoms with Crippen molar-refractivity contribution in [3.63, 3.8) is 0 Å². The lowest BCUT2D eigenvalue weighted by molar-refractivity contribution is -0.111. The van der Waals surface area contributed by atoms with Gasteiger partial charge in [0.15, 0.2) is 16.6 Å². The van der Waals surface area contributed by atoms with Crippen molar-refractivity contribution in [3.05, 3.63) is 34.3 Å². The number of aromatic nitrogens is 1. The molecule has 1 aromatic heterocycles. The van der Waals surface area contributed by atoms with E-state index in [0.717, 1.165) is 16.1 Å². The van der Waals surface area contributed by atoms with Gasteiger partial charge in [-0.25, -0.2) is 4.98 Å². The highest BCUT2D eigenvalue weighted by atomic mass is 32.1. The van der Waals surface area contributed by atoms with Crippen molar-refractivity contribution in [3.8, 4) is 17.2 Å². The minimum atomic E-state index is -0.238. The maximum atomic E-state index is 12.0. The second-order valence-corrected chi connectivity index (χ2v) is 6.43. The number of aryl methyl sites for hydroxylation is 2. The maximum absolute atomic E-state index is 12.0. The van der Waals surface area contributed by atoms with Crippen LogP contribution in [0.1, 0.15) is 16.1 Å². The van der Waals surface area contributed by atoms with E-state index in [2.05, 4.69) is 10.3 Å². The molecule has 2 aromatic rings. The van der Waals surface area contributed by atoms with E-state index in [0.29, 0.717) is 35.6 Å². The molecule has 0 bridgehead atoms. The van der Waals surface area contributed by atoms with E-state index in [9.17, 15) is 4.79 Å². The third-order valence-corrected chi connectivity index (χ3v) is 4.52. The highest BCUT2D eigenvalue weighted by Gasteiger charge is 2.17. The fourth-order valence-electron chi connectivity index (χ4n) is 2.23. The largest absolute Gasteiger partial charge is 0.493 e. The maximum Gasteiger partial charge on any atom is 0.250 e. The fraction of sp³-hybridized carbons (Fsp3) is 0.294. The molecule has 0 saturated heterocycles. The Kier molecular flexibility index (Phi) is 4.71. The summed E-state index contributed by atoms with van der Waals surface area (Å²) in [6, 6.07) is 3.62. The number of thiazole rings is 1. The third kappa shape index (κ3) is 3.51. The quantitative estimate of drug-likeness (QED) is 0.861. The molecule has 0 atom stereocenters. The molecule has 2 heterocycles. The van der Waals surface area contributed by atoms with Gasteiger partial charge in [-0.15, -0.1) is 11.3 Å². The molecule has 1 aliphatic rings. The Morgan fingerprint density at radius 2 is 2.12 bits per heavy atom. The van der Waals surface area contributed by atoms with Crippen molar-refractivity contribution < 1.29 is 19.0 Å². The number of benzene rings is 1. The Morgan fingerprint density at radius 3 is 2.83 bits per heavy atom. The molecule has 0 saturated carbocycles. The molecule has 1 aliphatic heterocycles. The molecule has 7 heteroatoms. The van der Waals surface area contributed by atoms with Crippen molar-refractivity contribution >= 4 is 28.5 Å². The molecule has 1 N–H and O–H groups in total. The van der Waals surface area contributed by atoms with Crippen LogP contribution in [-0.4, -0.2) is 31.2 Å². The summed E-state index contributed by atoms with van der Waals surface area (Å²) < 4.78 is 16.5. The van der Waals surface area contributed by atoms with Gasteiger partial charge in [0, 0.05) is 11.0 Å². The van der Waals surface area contributed by atoms with E-state index in [1.807, 2.05) is 19.9 Å². The van der Waals surface area contributed by atoms with Gasteiger partial charge >= 0.3 is 0 Å². The topological polar surface area (TPSA) is 69.7 Å². The van der Waals surface area contributed by atoms with Crippen molar-refractivity contribution in [2.75, 3.05) is 25.6 Å². The predicted octanol–water partition coefficient (Wildman–Crippen LogP) is 3.19. The molecule has 0 unspecified atom stereocenters. The number of hydrogen-bond donors (Lipinski definition) is 1. The number of nitrogens with one attached hydrogen (secondary N) is 1. The van der Waals surface area contributed by atoms with E-state index >= 15 is 0 Å². The second kappa shape index (κ2) is 6.92. The molecule has 3 rings (SSSR count). The SMILES string of the molecule is COc1cc(/C=C/C(=O)Nc2nc(C)c(C)s2)cc2c1OCCO2. The molecule has 0 spiro atoms. The highest BCUT2D eigenvalue weighted by Crippen LogP contribution is 2.40. The lowest BCUT2D eigenvalue weighted by Crippen LogP contribution is -2.16. The number of rotatable bonds is 4. The number of nitrogens with zero attached hydrogens (tertiary/aromatic N) is 1. The van der Waals surface area contributed by atoms with Crippen LogP contribution in [0.3, 0.4) is 0 Å². The van der Waals surface area contributed by atoms with Gasteiger partial charge in [-0.2, -0.15) is 0 Å². The number of fused-ring (bicyclic) bond motifs is 1. The van der Waals surface area contributed by atoms with Crippen LogP contribution in [0.2, 0.25) is 0 Å². The number of ether oxygens (including phenoxy) is 3. The predicted molar refractivity (Wildman–Crippen MR) is 93.2 cm³/mol. The number of carbonyl (C=O) groups is 1. The molecular weight excluding hydrogens is 328 g/mol. The zero-order valence-electron chi connectivity index (χ0n) is 13.7. The molecule has 0 fully saturated rings. The second-order valence-electron chi connectivity index (χ2n) is 5.23. The minimum absolute atomic E-state index is 0.238. The monoisotopic (exact) mass is 346 g/mol. The van der Waals surface area contributed by atoms with Gasteiger partial charge in [-0.1, -0.05) is 0 Å². The van der Waals surface area contributed by atoms with Crippen molar-refractivity contribution in [1.82, 2.24) is 4.98 Å². The number of anilines is 1. The van der Waals surface area contributed by atoms with Crippen LogP contribution in [0, 0.1) is 13.8 Å². The Morgan fingerprint density at radius 1 is 1.33 bits per heavy atom. The van der Waals surface area contributed by atoms with Crippen LogP contribution in [0.15, 0.2) is 18.2 Å². The first kappa shape index (κ1) is 16.3. The minimum Gasteiger partial charge on any atom is -0.493 e. The number of methoxy groups -OCH3 is 1. The lowest BCUT2D eigenvalue weighted by Gasteiger charge is -2.20. The van der Waals surface area contributed by atoms with Gasteiger partial charge in [0.1, 0.15) is 13.2 Å². The van der Waals surface area contributed by atoms with E-state index in [1.54, 1.807) is 19.3 Å². The van der Waals surface area contributed by atoms with Crippen LogP contribution in [-0.2, 0) is 4.79 Å². The van der Waals surface area contributed by atoms with Crippen LogP contribution in [0.5, 0.6) is 17.2 Å². The Balaban J connectivity index is 1.75. The van der Waals surface area contributed by atoms with E-state index < -0.39 is 0 Å². The number of carbonyl (C=O) groups excluding carboxylic acids is 1. The van der Waals surface area contributed by atoms with Gasteiger partial charge < -0.3 is 14.2 Å². The van der Waals surface area contributed by atoms with Crippen molar-refractivity contribution in [1.29, 1.82) is 0 Å². The molecule has 0 radical (unpaired) electrons. The van der Waals surface area contributed by atoms with Crippen LogP contribution in [0.4, 0.5) is 5.13 Å². The zero-order valence-corrected chi connectivity index (χ0v) is 14.5. The summed E-state index contributed by atoms with van der Waals surface area (Å²) in [5.41, 5.74) is 1.72. The summed E-state index contributed by atoms with van der Waals surface area (Å²) in [5, 5.41) is 3.36. The van der Waals surface area contributed by atoms with E-state index in [1.165, 1.54) is 17.4 Å². The van der Waals surface area contributed by atoms with Gasteiger partial charge in [-0.05, 0) is 37.6 Å². The van der Waals surface area contributed by atoms with E-state index in [4.69, 9.17) is 14.2 Å². The highest BCUT2D eigenvalue weighted by molar-refractivity contribution is 7.15. The van der Waals surface area contributed by atoms with Crippen LogP contribution >= 0.6 is 11.3 Å². The molecular formula is C17H18N2O4S. The first-order chi connectivity index (χ1) is 11.6. The van der Waals surface area contributed by atoms with Crippen molar-refractivity contribution in [2.45, 2.75) is 13.8 Å². The summed E-state index contributed by atoms with van der Waals surface area (Å²) in [7, 11) is 1.57. The van der Waals surface area contributed by atoms with Gasteiger partial charge in [-0.3, -0.25) is 10.1 Å². The summed E-state index contributed by atoms with van der Waals surface area (Å²) >= 11 is 1.46. The summed E-state index contributed by atoms with van der Waals surface area (Å²) in [6.07, 6.45) is 3.15. The standard InChI is InChI=1S/C17H18N2O4S/c1-10-11(2)24-17(18-10)19-15(20)5-4-12-8-13(21-3)16-14(9-12)22-6-7-23-16/h4-5,8-9H,6-7H2,1-3H3,(H,18,19,20)/b5-4+. The first-order valence-electron chi connectivity index (χ1n) is 7.47. The normalized spacial score (nSPS) is 13.1. The molecule has 1 aromatic carbocycles. The average Bonchev–Trinajstić information content (AvgIpc) is 2.89. The smallest absolute Gasteiger partial charge is 0.250 e.